The van der Waals surface area contributed by atoms with Gasteiger partial charge in [-0.25, -0.2) is 0 Å². The van der Waals surface area contributed by atoms with Crippen molar-refractivity contribution in [2.24, 2.45) is 0 Å². The molecule has 2 N–H and O–H groups in total. The van der Waals surface area contributed by atoms with Gasteiger partial charge in [0.2, 0.25) is 0 Å². The second kappa shape index (κ2) is 18.6. The zero-order valence-corrected chi connectivity index (χ0v) is 33.6. The minimum Gasteiger partial charge on any atom is -0.492 e. The predicted octanol–water partition coefficient (Wildman–Crippen LogP) is 9.76. The van der Waals surface area contributed by atoms with Gasteiger partial charge in [-0.1, -0.05) is 36.4 Å². The summed E-state index contributed by atoms with van der Waals surface area (Å²) in [5, 5.41) is 2.66. The van der Waals surface area contributed by atoms with Crippen LogP contribution in [0.3, 0.4) is 0 Å². The number of ether oxygens (including phenoxy) is 1. The zero-order valence-electron chi connectivity index (χ0n) is 29.7. The molecule has 0 spiro atoms. The van der Waals surface area contributed by atoms with E-state index in [4.69, 9.17) is 4.74 Å². The number of piperazine rings is 2. The summed E-state index contributed by atoms with van der Waals surface area (Å²) in [6.07, 6.45) is 6.34. The van der Waals surface area contributed by atoms with E-state index in [2.05, 4.69) is 134 Å². The van der Waals surface area contributed by atoms with E-state index in [-0.39, 0.29) is 0 Å². The molecular weight excluding hydrogens is 796 g/mol. The number of benzene rings is 4. The number of rotatable bonds is 12. The van der Waals surface area contributed by atoms with Gasteiger partial charge in [0.15, 0.2) is 0 Å². The lowest BCUT2D eigenvalue weighted by molar-refractivity contribution is 0.224. The number of nitrogens with zero attached hydrogens (tertiary/aromatic N) is 4. The third kappa shape index (κ3) is 9.57. The van der Waals surface area contributed by atoms with Crippen molar-refractivity contribution in [2.75, 3.05) is 87.6 Å². The SMILES string of the molecule is Brc1ccccc1OCCCN1CCN(c2cccc3[nH]ccc23)CC1.Brc1ccccc1SCCCN1CCN(c2cccc3[nH]ccc23)CC1. The van der Waals surface area contributed by atoms with Crippen LogP contribution in [-0.2, 0) is 0 Å². The Hall–Kier alpha value is -3.41. The summed E-state index contributed by atoms with van der Waals surface area (Å²) >= 11 is 9.10. The van der Waals surface area contributed by atoms with Crippen molar-refractivity contribution in [2.45, 2.75) is 17.7 Å². The number of anilines is 2. The van der Waals surface area contributed by atoms with Crippen molar-refractivity contribution < 1.29 is 4.74 Å². The van der Waals surface area contributed by atoms with Gasteiger partial charge in [0, 0.05) is 114 Å². The van der Waals surface area contributed by atoms with Gasteiger partial charge in [-0.05, 0) is 118 Å². The van der Waals surface area contributed by atoms with Gasteiger partial charge in [-0.2, -0.15) is 0 Å². The third-order valence-corrected chi connectivity index (χ3v) is 12.8. The largest absolute Gasteiger partial charge is 0.492 e. The Labute approximate surface area is 328 Å². The average Bonchev–Trinajstić information content (AvgIpc) is 3.88. The molecule has 0 saturated carbocycles. The molecular formula is C42H48Br2N6OS. The van der Waals surface area contributed by atoms with Gasteiger partial charge in [-0.15, -0.1) is 11.8 Å². The van der Waals surface area contributed by atoms with E-state index in [9.17, 15) is 0 Å². The maximum absolute atomic E-state index is 5.87. The monoisotopic (exact) mass is 842 g/mol. The third-order valence-electron chi connectivity index (χ3n) is 10.00. The molecule has 2 aromatic heterocycles. The Balaban J connectivity index is 0.000000162. The fourth-order valence-electron chi connectivity index (χ4n) is 7.18. The first-order chi connectivity index (χ1) is 25.6. The number of aromatic amines is 2. The molecule has 0 radical (unpaired) electrons. The van der Waals surface area contributed by atoms with Crippen LogP contribution in [0.15, 0.2) is 123 Å². The number of hydrogen-bond donors (Lipinski definition) is 2. The summed E-state index contributed by atoms with van der Waals surface area (Å²) in [6.45, 7) is 11.9. The summed E-state index contributed by atoms with van der Waals surface area (Å²) in [4.78, 5) is 18.1. The lowest BCUT2D eigenvalue weighted by Gasteiger charge is -2.36. The van der Waals surface area contributed by atoms with Gasteiger partial charge in [0.25, 0.3) is 0 Å². The van der Waals surface area contributed by atoms with Gasteiger partial charge in [0.1, 0.15) is 5.75 Å². The summed E-state index contributed by atoms with van der Waals surface area (Å²) < 4.78 is 8.10. The first kappa shape index (κ1) is 36.9. The molecule has 2 fully saturated rings. The zero-order chi connectivity index (χ0) is 35.5. The van der Waals surface area contributed by atoms with E-state index in [1.807, 2.05) is 48.4 Å². The van der Waals surface area contributed by atoms with Crippen LogP contribution in [0.1, 0.15) is 12.8 Å². The van der Waals surface area contributed by atoms with Crippen LogP contribution in [0.4, 0.5) is 11.4 Å². The molecule has 7 nitrogen and oxygen atoms in total. The highest BCUT2D eigenvalue weighted by atomic mass is 79.9. The molecule has 52 heavy (non-hydrogen) atoms. The summed E-state index contributed by atoms with van der Waals surface area (Å²) in [5.41, 5.74) is 5.16. The van der Waals surface area contributed by atoms with Crippen molar-refractivity contribution in [3.63, 3.8) is 0 Å². The van der Waals surface area contributed by atoms with Gasteiger partial charge in [0.05, 0.1) is 11.1 Å². The normalized spacial score (nSPS) is 15.6. The molecule has 4 heterocycles. The van der Waals surface area contributed by atoms with Gasteiger partial charge < -0.3 is 24.5 Å². The van der Waals surface area contributed by atoms with Crippen molar-refractivity contribution in [3.8, 4) is 5.75 Å². The molecule has 2 aliphatic heterocycles. The highest BCUT2D eigenvalue weighted by Gasteiger charge is 2.20. The number of halogens is 2. The first-order valence-corrected chi connectivity index (χ1v) is 21.0. The number of fused-ring (bicyclic) bond motifs is 2. The van der Waals surface area contributed by atoms with Crippen LogP contribution in [0.25, 0.3) is 21.8 Å². The van der Waals surface area contributed by atoms with Crippen LogP contribution in [-0.4, -0.2) is 97.6 Å². The number of nitrogens with one attached hydrogen (secondary N) is 2. The first-order valence-electron chi connectivity index (χ1n) is 18.4. The molecule has 272 valence electrons. The number of aromatic nitrogens is 2. The topological polar surface area (TPSA) is 53.8 Å². The fourth-order valence-corrected chi connectivity index (χ4v) is 9.08. The molecule has 0 atom stereocenters. The molecule has 8 rings (SSSR count). The molecule has 0 bridgehead atoms. The quantitative estimate of drug-likeness (QED) is 0.0946. The molecule has 2 saturated heterocycles. The van der Waals surface area contributed by atoms with E-state index >= 15 is 0 Å². The van der Waals surface area contributed by atoms with E-state index in [0.717, 1.165) is 82.2 Å². The minimum atomic E-state index is 0.755. The van der Waals surface area contributed by atoms with Crippen LogP contribution in [0.5, 0.6) is 5.75 Å². The maximum Gasteiger partial charge on any atom is 0.133 e. The molecule has 0 aliphatic carbocycles. The van der Waals surface area contributed by atoms with E-state index in [1.54, 1.807) is 0 Å². The smallest absolute Gasteiger partial charge is 0.133 e. The highest BCUT2D eigenvalue weighted by Crippen LogP contribution is 2.30. The van der Waals surface area contributed by atoms with Gasteiger partial charge in [-0.3, -0.25) is 9.80 Å². The Bertz CT molecular complexity index is 1860. The number of thioether (sulfide) groups is 1. The van der Waals surface area contributed by atoms with E-state index in [1.165, 1.54) is 61.3 Å². The summed E-state index contributed by atoms with van der Waals surface area (Å²) in [6, 6.07) is 33.9. The minimum absolute atomic E-state index is 0.755. The molecule has 2 aliphatic rings. The van der Waals surface area contributed by atoms with Crippen LogP contribution >= 0.6 is 43.6 Å². The Morgan fingerprint density at radius 2 is 1.10 bits per heavy atom. The molecule has 6 aromatic rings. The Kier molecular flexibility index (Phi) is 13.2. The lowest BCUT2D eigenvalue weighted by atomic mass is 10.1. The number of para-hydroxylation sites is 1. The Morgan fingerprint density at radius 1 is 0.558 bits per heavy atom. The number of hydrogen-bond acceptors (Lipinski definition) is 6. The molecule has 0 unspecified atom stereocenters. The van der Waals surface area contributed by atoms with Gasteiger partial charge >= 0.3 is 0 Å². The standard InChI is InChI=1S/C21H24BrN3O.C21H24BrN3S/c2*22-18-5-1-2-8-21(18)26-16-4-11-24-12-14-25(15-13-24)20-7-3-6-19-17(20)9-10-23-19/h2*1-3,5-10,23H,4,11-16H2. The second-order valence-electron chi connectivity index (χ2n) is 13.4. The molecule has 4 aromatic carbocycles. The Morgan fingerprint density at radius 3 is 1.67 bits per heavy atom. The average molecular weight is 845 g/mol. The van der Waals surface area contributed by atoms with Crippen LogP contribution in [0, 0.1) is 0 Å². The molecule has 10 heteroatoms. The highest BCUT2D eigenvalue weighted by molar-refractivity contribution is 9.10. The van der Waals surface area contributed by atoms with E-state index in [0.29, 0.717) is 0 Å². The van der Waals surface area contributed by atoms with Crippen molar-refractivity contribution in [1.29, 1.82) is 0 Å². The molecule has 0 amide bonds. The van der Waals surface area contributed by atoms with Crippen LogP contribution < -0.4 is 14.5 Å². The predicted molar refractivity (Wildman–Crippen MR) is 228 cm³/mol. The summed E-state index contributed by atoms with van der Waals surface area (Å²) in [5.74, 6) is 2.10. The number of H-pyrrole nitrogens is 2. The lowest BCUT2D eigenvalue weighted by Crippen LogP contribution is -2.46. The maximum atomic E-state index is 5.87. The summed E-state index contributed by atoms with van der Waals surface area (Å²) in [7, 11) is 0. The van der Waals surface area contributed by atoms with Crippen molar-refractivity contribution in [1.82, 2.24) is 19.8 Å². The van der Waals surface area contributed by atoms with Crippen molar-refractivity contribution >= 4 is 76.8 Å². The fraction of sp³-hybridized carbons (Fsp3) is 0.333. The van der Waals surface area contributed by atoms with Crippen molar-refractivity contribution in [3.05, 3.63) is 118 Å². The van der Waals surface area contributed by atoms with E-state index < -0.39 is 0 Å². The van der Waals surface area contributed by atoms with Crippen LogP contribution in [0.2, 0.25) is 0 Å². The second-order valence-corrected chi connectivity index (χ2v) is 16.2.